The molecule has 0 spiro atoms. The van der Waals surface area contributed by atoms with Crippen molar-refractivity contribution >= 4 is 23.2 Å². The van der Waals surface area contributed by atoms with Gasteiger partial charge in [-0.3, -0.25) is 9.48 Å². The van der Waals surface area contributed by atoms with Crippen molar-refractivity contribution in [1.82, 2.24) is 19.7 Å². The van der Waals surface area contributed by atoms with E-state index >= 15 is 0 Å². The Balaban J connectivity index is 1.46. The molecule has 36 heavy (non-hydrogen) atoms. The minimum atomic E-state index is -0.444. The van der Waals surface area contributed by atoms with E-state index in [4.69, 9.17) is 5.11 Å². The Morgan fingerprint density at radius 3 is 2.61 bits per heavy atom. The molecule has 4 rings (SSSR count). The number of aliphatic hydroxyl groups excluding tert-OH is 1. The van der Waals surface area contributed by atoms with Crippen LogP contribution in [0.3, 0.4) is 0 Å². The highest BCUT2D eigenvalue weighted by Crippen LogP contribution is 2.18. The highest BCUT2D eigenvalue weighted by Gasteiger charge is 2.10. The summed E-state index contributed by atoms with van der Waals surface area (Å²) in [5, 5.41) is 18.9. The van der Waals surface area contributed by atoms with Gasteiger partial charge in [0, 0.05) is 49.1 Å². The summed E-state index contributed by atoms with van der Waals surface area (Å²) < 4.78 is 15.6. The molecule has 0 aliphatic carbocycles. The molecule has 0 atom stereocenters. The van der Waals surface area contributed by atoms with Gasteiger partial charge in [-0.25, -0.2) is 14.4 Å². The summed E-state index contributed by atoms with van der Waals surface area (Å²) in [5.41, 5.74) is 4.46. The van der Waals surface area contributed by atoms with Crippen LogP contribution in [0.1, 0.15) is 39.0 Å². The Bertz CT molecular complexity index is 1440. The number of amides is 1. The van der Waals surface area contributed by atoms with E-state index in [1.54, 1.807) is 41.5 Å². The van der Waals surface area contributed by atoms with Crippen LogP contribution in [-0.4, -0.2) is 37.4 Å². The minimum absolute atomic E-state index is 0.0178. The van der Waals surface area contributed by atoms with E-state index in [2.05, 4.69) is 37.5 Å². The predicted octanol–water partition coefficient (Wildman–Crippen LogP) is 3.98. The zero-order chi connectivity index (χ0) is 25.5. The minimum Gasteiger partial charge on any atom is -0.396 e. The Morgan fingerprint density at radius 1 is 1.08 bits per heavy atom. The number of aromatic nitrogens is 4. The van der Waals surface area contributed by atoms with Gasteiger partial charge in [-0.15, -0.1) is 0 Å². The molecule has 0 radical (unpaired) electrons. The van der Waals surface area contributed by atoms with Gasteiger partial charge in [0.05, 0.1) is 17.4 Å². The van der Waals surface area contributed by atoms with E-state index in [1.165, 1.54) is 12.1 Å². The average molecular weight is 485 g/mol. The van der Waals surface area contributed by atoms with Crippen LogP contribution in [0.5, 0.6) is 0 Å². The van der Waals surface area contributed by atoms with Crippen LogP contribution in [-0.2, 0) is 13.5 Å². The molecule has 0 aliphatic rings. The Hall–Kier alpha value is -4.55. The summed E-state index contributed by atoms with van der Waals surface area (Å²) in [6.45, 7) is 1.92. The number of rotatable bonds is 7. The molecule has 0 aliphatic heterocycles. The first-order valence-corrected chi connectivity index (χ1v) is 11.3. The van der Waals surface area contributed by atoms with Crippen LogP contribution < -0.4 is 10.6 Å². The van der Waals surface area contributed by atoms with Crippen molar-refractivity contribution in [2.45, 2.75) is 19.8 Å². The van der Waals surface area contributed by atoms with Gasteiger partial charge >= 0.3 is 0 Å². The Kier molecular flexibility index (Phi) is 7.68. The average Bonchev–Trinajstić information content (AvgIpc) is 3.27. The molecular formula is C27H25FN6O2. The smallest absolute Gasteiger partial charge is 0.255 e. The number of benzene rings is 2. The molecule has 0 bridgehead atoms. The fourth-order valence-corrected chi connectivity index (χ4v) is 3.46. The second-order valence-corrected chi connectivity index (χ2v) is 8.23. The lowest BCUT2D eigenvalue weighted by molar-refractivity contribution is 0.102. The van der Waals surface area contributed by atoms with Gasteiger partial charge in [-0.1, -0.05) is 17.9 Å². The van der Waals surface area contributed by atoms with Crippen LogP contribution in [0.2, 0.25) is 0 Å². The van der Waals surface area contributed by atoms with Gasteiger partial charge in [0.1, 0.15) is 5.82 Å². The van der Waals surface area contributed by atoms with Gasteiger partial charge in [0.2, 0.25) is 5.95 Å². The number of nitrogens with one attached hydrogen (secondary N) is 2. The molecule has 0 saturated carbocycles. The van der Waals surface area contributed by atoms with Gasteiger partial charge in [-0.2, -0.15) is 5.10 Å². The number of halogens is 1. The van der Waals surface area contributed by atoms with Crippen LogP contribution in [0.4, 0.5) is 21.7 Å². The molecule has 0 saturated heterocycles. The highest BCUT2D eigenvalue weighted by atomic mass is 19.1. The molecule has 2 aromatic carbocycles. The van der Waals surface area contributed by atoms with Gasteiger partial charge < -0.3 is 15.7 Å². The van der Waals surface area contributed by atoms with Crippen molar-refractivity contribution in [1.29, 1.82) is 0 Å². The van der Waals surface area contributed by atoms with Crippen LogP contribution in [0.15, 0.2) is 61.2 Å². The van der Waals surface area contributed by atoms with E-state index < -0.39 is 5.82 Å². The van der Waals surface area contributed by atoms with Crippen molar-refractivity contribution in [2.24, 2.45) is 7.05 Å². The van der Waals surface area contributed by atoms with Crippen molar-refractivity contribution in [3.05, 3.63) is 94.8 Å². The van der Waals surface area contributed by atoms with Crippen LogP contribution in [0.25, 0.3) is 0 Å². The Labute approximate surface area is 208 Å². The maximum Gasteiger partial charge on any atom is 0.255 e. The van der Waals surface area contributed by atoms with Crippen molar-refractivity contribution < 1.29 is 14.3 Å². The molecule has 3 N–H and O–H groups in total. The first kappa shape index (κ1) is 24.6. The van der Waals surface area contributed by atoms with Crippen LogP contribution >= 0.6 is 0 Å². The standard InChI is InChI=1S/C27H25FN6O2/c1-18-5-7-22(26(36)32-24-11-19(4-3-9-35)10-23(28)13-24)12-21(18)8-6-20-14-29-27(30-15-20)33-25-16-31-34(2)17-25/h5,7,10-17,35H,3-4,9H2,1-2H3,(H,32,36)(H,29,30,33). The normalized spacial score (nSPS) is 10.4. The molecule has 4 aromatic rings. The quantitative estimate of drug-likeness (QED) is 0.343. The number of aryl methyl sites for hydroxylation is 3. The number of nitrogens with zero attached hydrogens (tertiary/aromatic N) is 4. The lowest BCUT2D eigenvalue weighted by atomic mass is 10.0. The maximum atomic E-state index is 14.0. The third-order valence-corrected chi connectivity index (χ3v) is 5.29. The molecule has 0 unspecified atom stereocenters. The fraction of sp³-hybridized carbons (Fsp3) is 0.185. The molecule has 0 fully saturated rings. The number of hydrogen-bond acceptors (Lipinski definition) is 6. The summed E-state index contributed by atoms with van der Waals surface area (Å²) in [5.74, 6) is 5.72. The SMILES string of the molecule is Cc1ccc(C(=O)Nc2cc(F)cc(CCCO)c2)cc1C#Cc1cnc(Nc2cnn(C)c2)nc1. The third kappa shape index (κ3) is 6.52. The topological polar surface area (TPSA) is 105 Å². The zero-order valence-electron chi connectivity index (χ0n) is 19.9. The van der Waals surface area contributed by atoms with Gasteiger partial charge in [0.25, 0.3) is 5.91 Å². The molecule has 182 valence electrons. The summed E-state index contributed by atoms with van der Waals surface area (Å²) in [7, 11) is 1.82. The van der Waals surface area contributed by atoms with Crippen molar-refractivity contribution in [2.75, 3.05) is 17.2 Å². The molecule has 9 heteroatoms. The summed E-state index contributed by atoms with van der Waals surface area (Å²) in [4.78, 5) is 21.4. The molecule has 8 nitrogen and oxygen atoms in total. The second kappa shape index (κ2) is 11.3. The monoisotopic (exact) mass is 484 g/mol. The second-order valence-electron chi connectivity index (χ2n) is 8.23. The predicted molar refractivity (Wildman–Crippen MR) is 135 cm³/mol. The number of carbonyl (C=O) groups excluding carboxylic acids is 1. The van der Waals surface area contributed by atoms with Crippen molar-refractivity contribution in [3.63, 3.8) is 0 Å². The number of hydrogen-bond donors (Lipinski definition) is 3. The number of carbonyl (C=O) groups is 1. The molecule has 2 aromatic heterocycles. The largest absolute Gasteiger partial charge is 0.396 e. The van der Waals surface area contributed by atoms with Gasteiger partial charge in [-0.05, 0) is 61.2 Å². The third-order valence-electron chi connectivity index (χ3n) is 5.29. The summed E-state index contributed by atoms with van der Waals surface area (Å²) in [6.07, 6.45) is 7.75. The first-order chi connectivity index (χ1) is 17.4. The van der Waals surface area contributed by atoms with Gasteiger partial charge in [0.15, 0.2) is 0 Å². The number of anilines is 3. The van der Waals surface area contributed by atoms with E-state index in [0.29, 0.717) is 46.7 Å². The first-order valence-electron chi connectivity index (χ1n) is 11.3. The summed E-state index contributed by atoms with van der Waals surface area (Å²) >= 11 is 0. The van der Waals surface area contributed by atoms with E-state index in [0.717, 1.165) is 11.3 Å². The van der Waals surface area contributed by atoms with E-state index in [-0.39, 0.29) is 12.5 Å². The number of aliphatic hydroxyl groups is 1. The molecular weight excluding hydrogens is 459 g/mol. The van der Waals surface area contributed by atoms with Crippen molar-refractivity contribution in [3.8, 4) is 11.8 Å². The lowest BCUT2D eigenvalue weighted by Gasteiger charge is -2.09. The summed E-state index contributed by atoms with van der Waals surface area (Å²) in [6, 6.07) is 9.58. The lowest BCUT2D eigenvalue weighted by Crippen LogP contribution is -2.12. The van der Waals surface area contributed by atoms with Crippen LogP contribution in [0, 0.1) is 24.6 Å². The Morgan fingerprint density at radius 2 is 1.89 bits per heavy atom. The van der Waals surface area contributed by atoms with E-state index in [9.17, 15) is 9.18 Å². The van der Waals surface area contributed by atoms with E-state index in [1.807, 2.05) is 26.2 Å². The molecule has 2 heterocycles. The fourth-order valence-electron chi connectivity index (χ4n) is 3.46. The maximum absolute atomic E-state index is 14.0. The zero-order valence-corrected chi connectivity index (χ0v) is 19.9. The highest BCUT2D eigenvalue weighted by molar-refractivity contribution is 6.04. The molecule has 1 amide bonds.